The van der Waals surface area contributed by atoms with E-state index in [1.165, 1.54) is 6.92 Å². The first-order valence-electron chi connectivity index (χ1n) is 4.20. The Kier molecular flexibility index (Phi) is 3.03. The van der Waals surface area contributed by atoms with Gasteiger partial charge in [-0.05, 0) is 30.2 Å². The molecular formula is C10H14N2O. The van der Waals surface area contributed by atoms with Crippen LogP contribution in [0.2, 0.25) is 0 Å². The van der Waals surface area contributed by atoms with Crippen LogP contribution in [0.3, 0.4) is 0 Å². The zero-order valence-electron chi connectivity index (χ0n) is 7.92. The summed E-state index contributed by atoms with van der Waals surface area (Å²) in [6.45, 7) is 3.99. The first kappa shape index (κ1) is 9.74. The van der Waals surface area contributed by atoms with Crippen molar-refractivity contribution >= 4 is 11.6 Å². The van der Waals surface area contributed by atoms with Crippen LogP contribution in [-0.2, 0) is 11.3 Å². The molecule has 3 nitrogen and oxygen atoms in total. The van der Waals surface area contributed by atoms with E-state index >= 15 is 0 Å². The van der Waals surface area contributed by atoms with Gasteiger partial charge in [0.1, 0.15) is 0 Å². The number of rotatable bonds is 2. The van der Waals surface area contributed by atoms with Crippen molar-refractivity contribution in [3.8, 4) is 0 Å². The number of amides is 1. The van der Waals surface area contributed by atoms with Crippen LogP contribution in [0.25, 0.3) is 0 Å². The second-order valence-corrected chi connectivity index (χ2v) is 3.03. The molecule has 1 amide bonds. The third kappa shape index (κ3) is 2.56. The van der Waals surface area contributed by atoms with E-state index < -0.39 is 0 Å². The number of carbonyl (C=O) groups is 1. The Morgan fingerprint density at radius 3 is 2.77 bits per heavy atom. The number of aryl methyl sites for hydroxylation is 1. The number of hydrogen-bond donors (Lipinski definition) is 2. The Balaban J connectivity index is 2.92. The fourth-order valence-electron chi connectivity index (χ4n) is 1.17. The molecule has 0 atom stereocenters. The Morgan fingerprint density at radius 2 is 2.23 bits per heavy atom. The van der Waals surface area contributed by atoms with Crippen molar-refractivity contribution in [2.24, 2.45) is 5.73 Å². The lowest BCUT2D eigenvalue weighted by atomic mass is 10.1. The van der Waals surface area contributed by atoms with Crippen LogP contribution in [-0.4, -0.2) is 5.91 Å². The van der Waals surface area contributed by atoms with Crippen molar-refractivity contribution < 1.29 is 4.79 Å². The maximum Gasteiger partial charge on any atom is 0.221 e. The molecule has 13 heavy (non-hydrogen) atoms. The SMILES string of the molecule is CC(=O)Nc1ccc(C)c(CN)c1. The van der Waals surface area contributed by atoms with Gasteiger partial charge in [0, 0.05) is 19.2 Å². The molecule has 0 aliphatic rings. The molecule has 1 aromatic carbocycles. The quantitative estimate of drug-likeness (QED) is 0.719. The van der Waals surface area contributed by atoms with Gasteiger partial charge in [0.2, 0.25) is 5.91 Å². The van der Waals surface area contributed by atoms with E-state index in [0.29, 0.717) is 6.54 Å². The van der Waals surface area contributed by atoms with Crippen LogP contribution in [0.15, 0.2) is 18.2 Å². The van der Waals surface area contributed by atoms with Crippen molar-refractivity contribution in [3.63, 3.8) is 0 Å². The van der Waals surface area contributed by atoms with E-state index in [-0.39, 0.29) is 5.91 Å². The summed E-state index contributed by atoms with van der Waals surface area (Å²) in [5, 5.41) is 2.71. The van der Waals surface area contributed by atoms with Crippen LogP contribution in [0.1, 0.15) is 18.1 Å². The van der Waals surface area contributed by atoms with E-state index in [0.717, 1.165) is 16.8 Å². The van der Waals surface area contributed by atoms with Gasteiger partial charge in [-0.3, -0.25) is 4.79 Å². The fourth-order valence-corrected chi connectivity index (χ4v) is 1.17. The maximum atomic E-state index is 10.8. The Morgan fingerprint density at radius 1 is 1.54 bits per heavy atom. The molecule has 1 aromatic rings. The van der Waals surface area contributed by atoms with Crippen molar-refractivity contribution in [1.82, 2.24) is 0 Å². The van der Waals surface area contributed by atoms with E-state index in [1.807, 2.05) is 25.1 Å². The van der Waals surface area contributed by atoms with Crippen molar-refractivity contribution in [1.29, 1.82) is 0 Å². The van der Waals surface area contributed by atoms with Gasteiger partial charge in [-0.15, -0.1) is 0 Å². The van der Waals surface area contributed by atoms with Crippen LogP contribution in [0, 0.1) is 6.92 Å². The monoisotopic (exact) mass is 178 g/mol. The maximum absolute atomic E-state index is 10.8. The van der Waals surface area contributed by atoms with E-state index in [1.54, 1.807) is 0 Å². The fraction of sp³-hybridized carbons (Fsp3) is 0.300. The normalized spacial score (nSPS) is 9.77. The highest BCUT2D eigenvalue weighted by Gasteiger charge is 1.99. The molecule has 0 fully saturated rings. The highest BCUT2D eigenvalue weighted by atomic mass is 16.1. The summed E-state index contributed by atoms with van der Waals surface area (Å²) in [5.74, 6) is -0.0631. The zero-order chi connectivity index (χ0) is 9.84. The second-order valence-electron chi connectivity index (χ2n) is 3.03. The summed E-state index contributed by atoms with van der Waals surface area (Å²) in [6, 6.07) is 5.72. The Hall–Kier alpha value is -1.35. The molecule has 0 bridgehead atoms. The number of carbonyl (C=O) groups excluding carboxylic acids is 1. The molecule has 0 unspecified atom stereocenters. The van der Waals surface area contributed by atoms with Gasteiger partial charge in [0.15, 0.2) is 0 Å². The molecule has 0 spiro atoms. The first-order chi connectivity index (χ1) is 6.13. The van der Waals surface area contributed by atoms with Gasteiger partial charge < -0.3 is 11.1 Å². The summed E-state index contributed by atoms with van der Waals surface area (Å²) >= 11 is 0. The molecular weight excluding hydrogens is 164 g/mol. The van der Waals surface area contributed by atoms with Gasteiger partial charge in [-0.25, -0.2) is 0 Å². The topological polar surface area (TPSA) is 55.1 Å². The third-order valence-electron chi connectivity index (χ3n) is 1.89. The highest BCUT2D eigenvalue weighted by Crippen LogP contribution is 2.14. The average Bonchev–Trinajstić information content (AvgIpc) is 2.07. The van der Waals surface area contributed by atoms with E-state index in [2.05, 4.69) is 5.32 Å². The van der Waals surface area contributed by atoms with Gasteiger partial charge in [-0.1, -0.05) is 6.07 Å². The van der Waals surface area contributed by atoms with E-state index in [4.69, 9.17) is 5.73 Å². The molecule has 0 saturated carbocycles. The molecule has 0 heterocycles. The molecule has 3 N–H and O–H groups in total. The summed E-state index contributed by atoms with van der Waals surface area (Å²) in [5.41, 5.74) is 8.55. The minimum absolute atomic E-state index is 0.0631. The molecule has 0 radical (unpaired) electrons. The lowest BCUT2D eigenvalue weighted by Gasteiger charge is -2.06. The van der Waals surface area contributed by atoms with Crippen LogP contribution >= 0.6 is 0 Å². The van der Waals surface area contributed by atoms with Crippen LogP contribution in [0.5, 0.6) is 0 Å². The molecule has 3 heteroatoms. The van der Waals surface area contributed by atoms with Gasteiger partial charge in [0.05, 0.1) is 0 Å². The summed E-state index contributed by atoms with van der Waals surface area (Å²) in [7, 11) is 0. The molecule has 70 valence electrons. The zero-order valence-corrected chi connectivity index (χ0v) is 7.92. The summed E-state index contributed by atoms with van der Waals surface area (Å²) in [6.07, 6.45) is 0. The van der Waals surface area contributed by atoms with E-state index in [9.17, 15) is 4.79 Å². The van der Waals surface area contributed by atoms with Gasteiger partial charge in [0.25, 0.3) is 0 Å². The lowest BCUT2D eigenvalue weighted by molar-refractivity contribution is -0.114. The Bertz CT molecular complexity index is 321. The van der Waals surface area contributed by atoms with Crippen molar-refractivity contribution in [2.45, 2.75) is 20.4 Å². The largest absolute Gasteiger partial charge is 0.326 e. The number of benzene rings is 1. The molecule has 0 aromatic heterocycles. The van der Waals surface area contributed by atoms with Crippen LogP contribution < -0.4 is 11.1 Å². The van der Waals surface area contributed by atoms with Gasteiger partial charge >= 0.3 is 0 Å². The predicted molar refractivity (Wildman–Crippen MR) is 53.4 cm³/mol. The number of nitrogens with two attached hydrogens (primary N) is 1. The third-order valence-corrected chi connectivity index (χ3v) is 1.89. The molecule has 0 aliphatic heterocycles. The molecule has 0 aliphatic carbocycles. The van der Waals surface area contributed by atoms with Gasteiger partial charge in [-0.2, -0.15) is 0 Å². The highest BCUT2D eigenvalue weighted by molar-refractivity contribution is 5.88. The minimum Gasteiger partial charge on any atom is -0.326 e. The van der Waals surface area contributed by atoms with Crippen molar-refractivity contribution in [3.05, 3.63) is 29.3 Å². The van der Waals surface area contributed by atoms with Crippen molar-refractivity contribution in [2.75, 3.05) is 5.32 Å². The smallest absolute Gasteiger partial charge is 0.221 e. The predicted octanol–water partition coefficient (Wildman–Crippen LogP) is 1.41. The number of nitrogens with one attached hydrogen (secondary N) is 1. The summed E-state index contributed by atoms with van der Waals surface area (Å²) in [4.78, 5) is 10.8. The minimum atomic E-state index is -0.0631. The number of anilines is 1. The number of hydrogen-bond acceptors (Lipinski definition) is 2. The standard InChI is InChI=1S/C10H14N2O/c1-7-3-4-10(12-8(2)13)5-9(7)6-11/h3-5H,6,11H2,1-2H3,(H,12,13). The Labute approximate surface area is 77.9 Å². The first-order valence-corrected chi connectivity index (χ1v) is 4.20. The second kappa shape index (κ2) is 4.05. The van der Waals surface area contributed by atoms with Crippen LogP contribution in [0.4, 0.5) is 5.69 Å². The summed E-state index contributed by atoms with van der Waals surface area (Å²) < 4.78 is 0. The molecule has 1 rings (SSSR count). The lowest BCUT2D eigenvalue weighted by Crippen LogP contribution is -2.07. The average molecular weight is 178 g/mol. The molecule has 0 saturated heterocycles.